The number of piperidine rings is 1. The van der Waals surface area contributed by atoms with Crippen LogP contribution in [0, 0.1) is 0 Å². The van der Waals surface area contributed by atoms with E-state index in [-0.39, 0.29) is 17.7 Å². The summed E-state index contributed by atoms with van der Waals surface area (Å²) in [6.07, 6.45) is 2.73. The smallest absolute Gasteiger partial charge is 0.387 e. The van der Waals surface area contributed by atoms with Gasteiger partial charge in [0.1, 0.15) is 5.75 Å². The van der Waals surface area contributed by atoms with Crippen molar-refractivity contribution in [1.29, 1.82) is 0 Å². The summed E-state index contributed by atoms with van der Waals surface area (Å²) in [6.45, 7) is 0.679. The Balaban J connectivity index is 2.04. The van der Waals surface area contributed by atoms with Crippen molar-refractivity contribution in [2.45, 2.75) is 38.8 Å². The minimum atomic E-state index is -2.84. The van der Waals surface area contributed by atoms with Crippen molar-refractivity contribution < 1.29 is 18.3 Å². The van der Waals surface area contributed by atoms with Crippen LogP contribution in [0.4, 0.5) is 14.5 Å². The fraction of sp³-hybridized carbons (Fsp3) is 0.533. The van der Waals surface area contributed by atoms with Crippen LogP contribution in [0.5, 0.6) is 5.75 Å². The summed E-state index contributed by atoms with van der Waals surface area (Å²) < 4.78 is 28.5. The molecule has 0 radical (unpaired) electrons. The van der Waals surface area contributed by atoms with Crippen LogP contribution in [0.25, 0.3) is 0 Å². The fourth-order valence-electron chi connectivity index (χ4n) is 2.45. The van der Waals surface area contributed by atoms with Crippen LogP contribution in [0.15, 0.2) is 24.3 Å². The molecule has 1 aliphatic rings. The van der Waals surface area contributed by atoms with Gasteiger partial charge in [0.15, 0.2) is 0 Å². The number of anilines is 1. The number of carbonyl (C=O) groups excluding carboxylic acids is 1. The largest absolute Gasteiger partial charge is 0.435 e. The number of alkyl halides is 2. The highest BCUT2D eigenvalue weighted by molar-refractivity contribution is 5.97. The number of hydrogen-bond acceptors (Lipinski definition) is 3. The third-order valence-electron chi connectivity index (χ3n) is 3.45. The van der Waals surface area contributed by atoms with E-state index in [0.717, 1.165) is 25.8 Å². The predicted octanol–water partition coefficient (Wildman–Crippen LogP) is 2.78. The second kappa shape index (κ2) is 7.36. The first kappa shape index (κ1) is 15.7. The molecule has 1 aromatic carbocycles. The van der Waals surface area contributed by atoms with Crippen molar-refractivity contribution in [2.24, 2.45) is 0 Å². The second-order valence-electron chi connectivity index (χ2n) is 5.01. The number of carbonyl (C=O) groups is 1. The minimum absolute atomic E-state index is 0.0391. The first-order valence-electron chi connectivity index (χ1n) is 7.21. The first-order chi connectivity index (χ1) is 10.1. The topological polar surface area (TPSA) is 41.6 Å². The van der Waals surface area contributed by atoms with Crippen molar-refractivity contribution >= 4 is 11.6 Å². The summed E-state index contributed by atoms with van der Waals surface area (Å²) in [7, 11) is 0. The van der Waals surface area contributed by atoms with Crippen molar-refractivity contribution in [1.82, 2.24) is 5.32 Å². The standard InChI is InChI=1S/C15H20F2N2O2/c1-2-9-18-13-4-3-10-19(14(13)20)11-5-7-12(8-6-11)21-15(16)17/h5-8,13,15,18H,2-4,9-10H2,1H3. The SMILES string of the molecule is CCCNC1CCCN(c2ccc(OC(F)F)cc2)C1=O. The maximum absolute atomic E-state index is 12.4. The highest BCUT2D eigenvalue weighted by Gasteiger charge is 2.28. The molecule has 2 rings (SSSR count). The van der Waals surface area contributed by atoms with Crippen LogP contribution >= 0.6 is 0 Å². The number of halogens is 2. The van der Waals surface area contributed by atoms with Gasteiger partial charge in [0.2, 0.25) is 5.91 Å². The van der Waals surface area contributed by atoms with Gasteiger partial charge in [-0.05, 0) is 50.1 Å². The lowest BCUT2D eigenvalue weighted by molar-refractivity contribution is -0.121. The van der Waals surface area contributed by atoms with E-state index in [1.54, 1.807) is 17.0 Å². The van der Waals surface area contributed by atoms with E-state index in [9.17, 15) is 13.6 Å². The summed E-state index contributed by atoms with van der Waals surface area (Å²) in [4.78, 5) is 14.1. The van der Waals surface area contributed by atoms with Gasteiger partial charge in [-0.15, -0.1) is 0 Å². The molecule has 6 heteroatoms. The molecule has 1 amide bonds. The maximum Gasteiger partial charge on any atom is 0.387 e. The Morgan fingerprint density at radius 2 is 2.10 bits per heavy atom. The molecule has 1 heterocycles. The van der Waals surface area contributed by atoms with E-state index >= 15 is 0 Å². The van der Waals surface area contributed by atoms with Gasteiger partial charge in [-0.3, -0.25) is 4.79 Å². The van der Waals surface area contributed by atoms with Crippen molar-refractivity contribution in [3.63, 3.8) is 0 Å². The molecular formula is C15H20F2N2O2. The highest BCUT2D eigenvalue weighted by Crippen LogP contribution is 2.24. The molecule has 0 spiro atoms. The molecular weight excluding hydrogens is 278 g/mol. The molecule has 116 valence electrons. The average molecular weight is 298 g/mol. The Labute approximate surface area is 123 Å². The van der Waals surface area contributed by atoms with Crippen LogP contribution in [0.3, 0.4) is 0 Å². The maximum atomic E-state index is 12.4. The third kappa shape index (κ3) is 4.14. The Hall–Kier alpha value is -1.69. The van der Waals surface area contributed by atoms with Crippen LogP contribution in [-0.2, 0) is 4.79 Å². The number of hydrogen-bond donors (Lipinski definition) is 1. The Bertz CT molecular complexity index is 465. The van der Waals surface area contributed by atoms with Gasteiger partial charge in [-0.1, -0.05) is 6.92 Å². The normalized spacial score (nSPS) is 19.1. The lowest BCUT2D eigenvalue weighted by Crippen LogP contribution is -2.51. The van der Waals surface area contributed by atoms with Gasteiger partial charge >= 0.3 is 6.61 Å². The molecule has 0 aliphatic carbocycles. The number of amides is 1. The second-order valence-corrected chi connectivity index (χ2v) is 5.01. The molecule has 1 unspecified atom stereocenters. The lowest BCUT2D eigenvalue weighted by Gasteiger charge is -2.32. The van der Waals surface area contributed by atoms with Gasteiger partial charge < -0.3 is 15.0 Å². The zero-order valence-corrected chi connectivity index (χ0v) is 12.0. The molecule has 1 aliphatic heterocycles. The lowest BCUT2D eigenvalue weighted by atomic mass is 10.0. The predicted molar refractivity (Wildman–Crippen MR) is 76.7 cm³/mol. The number of nitrogens with one attached hydrogen (secondary N) is 1. The van der Waals surface area contributed by atoms with E-state index < -0.39 is 6.61 Å². The molecule has 1 saturated heterocycles. The molecule has 21 heavy (non-hydrogen) atoms. The van der Waals surface area contributed by atoms with Crippen LogP contribution in [-0.4, -0.2) is 31.7 Å². The number of rotatable bonds is 6. The molecule has 1 fully saturated rings. The molecule has 1 atom stereocenters. The van der Waals surface area contributed by atoms with Crippen molar-refractivity contribution in [3.8, 4) is 5.75 Å². The Kier molecular flexibility index (Phi) is 5.50. The molecule has 1 N–H and O–H groups in total. The molecule has 0 aromatic heterocycles. The Morgan fingerprint density at radius 1 is 1.38 bits per heavy atom. The summed E-state index contributed by atoms with van der Waals surface area (Å²) in [5.74, 6) is 0.135. The zero-order chi connectivity index (χ0) is 15.2. The molecule has 0 saturated carbocycles. The first-order valence-corrected chi connectivity index (χ1v) is 7.21. The van der Waals surface area contributed by atoms with Gasteiger partial charge in [0.05, 0.1) is 6.04 Å². The van der Waals surface area contributed by atoms with E-state index in [1.165, 1.54) is 12.1 Å². The molecule has 4 nitrogen and oxygen atoms in total. The fourth-order valence-corrected chi connectivity index (χ4v) is 2.45. The van der Waals surface area contributed by atoms with Gasteiger partial charge in [0, 0.05) is 12.2 Å². The summed E-state index contributed by atoms with van der Waals surface area (Å²) in [5.41, 5.74) is 0.713. The van der Waals surface area contributed by atoms with Crippen LogP contribution in [0.1, 0.15) is 26.2 Å². The van der Waals surface area contributed by atoms with Gasteiger partial charge in [-0.25, -0.2) is 0 Å². The van der Waals surface area contributed by atoms with E-state index in [0.29, 0.717) is 12.2 Å². The molecule has 1 aromatic rings. The number of ether oxygens (including phenoxy) is 1. The van der Waals surface area contributed by atoms with E-state index in [4.69, 9.17) is 0 Å². The number of benzene rings is 1. The molecule has 0 bridgehead atoms. The van der Waals surface area contributed by atoms with Crippen molar-refractivity contribution in [2.75, 3.05) is 18.0 Å². The third-order valence-corrected chi connectivity index (χ3v) is 3.45. The van der Waals surface area contributed by atoms with Crippen LogP contribution in [0.2, 0.25) is 0 Å². The van der Waals surface area contributed by atoms with E-state index in [1.807, 2.05) is 0 Å². The van der Waals surface area contributed by atoms with E-state index in [2.05, 4.69) is 17.0 Å². The van der Waals surface area contributed by atoms with Gasteiger partial charge in [0.25, 0.3) is 0 Å². The monoisotopic (exact) mass is 298 g/mol. The number of nitrogens with zero attached hydrogens (tertiary/aromatic N) is 1. The van der Waals surface area contributed by atoms with Crippen LogP contribution < -0.4 is 15.0 Å². The summed E-state index contributed by atoms with van der Waals surface area (Å²) in [5, 5.41) is 3.24. The van der Waals surface area contributed by atoms with Gasteiger partial charge in [-0.2, -0.15) is 8.78 Å². The quantitative estimate of drug-likeness (QED) is 0.878. The summed E-state index contributed by atoms with van der Waals surface area (Å²) >= 11 is 0. The minimum Gasteiger partial charge on any atom is -0.435 e. The van der Waals surface area contributed by atoms with Crippen molar-refractivity contribution in [3.05, 3.63) is 24.3 Å². The Morgan fingerprint density at radius 3 is 2.71 bits per heavy atom. The highest BCUT2D eigenvalue weighted by atomic mass is 19.3. The summed E-state index contributed by atoms with van der Waals surface area (Å²) in [6, 6.07) is 6.03. The average Bonchev–Trinajstić information content (AvgIpc) is 2.47. The zero-order valence-electron chi connectivity index (χ0n) is 12.0.